The molecular formula is C15H11BrF4O. The van der Waals surface area contributed by atoms with Crippen molar-refractivity contribution in [3.8, 4) is 0 Å². The van der Waals surface area contributed by atoms with Crippen LogP contribution in [0.5, 0.6) is 0 Å². The van der Waals surface area contributed by atoms with Gasteiger partial charge in [0.25, 0.3) is 0 Å². The van der Waals surface area contributed by atoms with Gasteiger partial charge in [-0.25, -0.2) is 4.39 Å². The maximum atomic E-state index is 13.7. The average molecular weight is 363 g/mol. The molecule has 112 valence electrons. The number of rotatable bonds is 3. The maximum Gasteiger partial charge on any atom is 0.416 e. The summed E-state index contributed by atoms with van der Waals surface area (Å²) < 4.78 is 51.4. The first-order valence-corrected chi connectivity index (χ1v) is 6.86. The lowest BCUT2D eigenvalue weighted by Crippen LogP contribution is -2.07. The third-order valence-corrected chi connectivity index (χ3v) is 3.73. The molecule has 0 aliphatic rings. The van der Waals surface area contributed by atoms with Crippen LogP contribution in [-0.4, -0.2) is 5.11 Å². The van der Waals surface area contributed by atoms with E-state index in [2.05, 4.69) is 15.9 Å². The largest absolute Gasteiger partial charge is 0.416 e. The Labute approximate surface area is 127 Å². The van der Waals surface area contributed by atoms with Gasteiger partial charge in [-0.1, -0.05) is 34.1 Å². The first kappa shape index (κ1) is 16.0. The fraction of sp³-hybridized carbons (Fsp3) is 0.200. The number of aliphatic hydroxyl groups is 1. The zero-order valence-electron chi connectivity index (χ0n) is 10.7. The minimum absolute atomic E-state index is 0.0255. The van der Waals surface area contributed by atoms with Gasteiger partial charge in [-0.3, -0.25) is 0 Å². The zero-order chi connectivity index (χ0) is 15.6. The second-order valence-corrected chi connectivity index (χ2v) is 5.40. The SMILES string of the molecule is OC(Cc1ccc(C(F)(F)F)cc1)c1c(F)cccc1Br. The number of aliphatic hydroxyl groups excluding tert-OH is 1. The molecule has 0 fully saturated rings. The molecule has 0 aliphatic carbocycles. The van der Waals surface area contributed by atoms with E-state index in [9.17, 15) is 22.7 Å². The molecule has 0 radical (unpaired) electrons. The van der Waals surface area contributed by atoms with Gasteiger partial charge < -0.3 is 5.11 Å². The number of hydrogen-bond donors (Lipinski definition) is 1. The van der Waals surface area contributed by atoms with Gasteiger partial charge in [0, 0.05) is 16.5 Å². The van der Waals surface area contributed by atoms with Crippen molar-refractivity contribution >= 4 is 15.9 Å². The Kier molecular flexibility index (Phi) is 4.68. The highest BCUT2D eigenvalue weighted by atomic mass is 79.9. The molecule has 1 N–H and O–H groups in total. The minimum Gasteiger partial charge on any atom is -0.388 e. The molecule has 1 unspecified atom stereocenters. The Hall–Kier alpha value is -1.40. The fourth-order valence-corrected chi connectivity index (χ4v) is 2.59. The van der Waals surface area contributed by atoms with Crippen LogP contribution >= 0.6 is 15.9 Å². The van der Waals surface area contributed by atoms with E-state index >= 15 is 0 Å². The highest BCUT2D eigenvalue weighted by molar-refractivity contribution is 9.10. The summed E-state index contributed by atoms with van der Waals surface area (Å²) in [5.41, 5.74) is -0.170. The fourth-order valence-electron chi connectivity index (χ4n) is 1.98. The second kappa shape index (κ2) is 6.15. The van der Waals surface area contributed by atoms with Crippen LogP contribution in [0.4, 0.5) is 17.6 Å². The van der Waals surface area contributed by atoms with Gasteiger partial charge in [0.05, 0.1) is 11.7 Å². The van der Waals surface area contributed by atoms with E-state index in [1.165, 1.54) is 24.3 Å². The number of alkyl halides is 3. The molecule has 2 aromatic carbocycles. The second-order valence-electron chi connectivity index (χ2n) is 4.55. The Morgan fingerprint density at radius 3 is 2.19 bits per heavy atom. The first-order chi connectivity index (χ1) is 9.79. The quantitative estimate of drug-likeness (QED) is 0.771. The van der Waals surface area contributed by atoms with Gasteiger partial charge in [0.2, 0.25) is 0 Å². The van der Waals surface area contributed by atoms with Crippen LogP contribution in [0.3, 0.4) is 0 Å². The molecule has 21 heavy (non-hydrogen) atoms. The van der Waals surface area contributed by atoms with Gasteiger partial charge in [-0.05, 0) is 29.8 Å². The van der Waals surface area contributed by atoms with Crippen LogP contribution in [0, 0.1) is 5.82 Å². The summed E-state index contributed by atoms with van der Waals surface area (Å²) in [6, 6.07) is 8.75. The summed E-state index contributed by atoms with van der Waals surface area (Å²) >= 11 is 3.15. The van der Waals surface area contributed by atoms with Crippen molar-refractivity contribution in [2.24, 2.45) is 0 Å². The van der Waals surface area contributed by atoms with Gasteiger partial charge in [-0.15, -0.1) is 0 Å². The monoisotopic (exact) mass is 362 g/mol. The molecule has 0 saturated carbocycles. The van der Waals surface area contributed by atoms with E-state index in [0.29, 0.717) is 10.0 Å². The maximum absolute atomic E-state index is 13.7. The lowest BCUT2D eigenvalue weighted by Gasteiger charge is -2.14. The normalized spacial score (nSPS) is 13.2. The van der Waals surface area contributed by atoms with E-state index in [1.54, 1.807) is 6.07 Å². The molecule has 0 amide bonds. The molecule has 2 rings (SSSR count). The van der Waals surface area contributed by atoms with Crippen molar-refractivity contribution in [2.75, 3.05) is 0 Å². The van der Waals surface area contributed by atoms with Crippen molar-refractivity contribution < 1.29 is 22.7 Å². The van der Waals surface area contributed by atoms with Gasteiger partial charge in [0.15, 0.2) is 0 Å². The van der Waals surface area contributed by atoms with Crippen molar-refractivity contribution in [3.05, 3.63) is 69.4 Å². The summed E-state index contributed by atoms with van der Waals surface area (Å²) in [6.07, 6.45) is -5.51. The molecular weight excluding hydrogens is 352 g/mol. The Balaban J connectivity index is 2.18. The predicted octanol–water partition coefficient (Wildman–Crippen LogP) is 4.88. The van der Waals surface area contributed by atoms with E-state index in [-0.39, 0.29) is 12.0 Å². The summed E-state index contributed by atoms with van der Waals surface area (Å²) in [4.78, 5) is 0. The third-order valence-electron chi connectivity index (χ3n) is 3.04. The minimum atomic E-state index is -4.40. The molecule has 0 aliphatic heterocycles. The average Bonchev–Trinajstić information content (AvgIpc) is 2.38. The topological polar surface area (TPSA) is 20.2 Å². The number of benzene rings is 2. The van der Waals surface area contributed by atoms with Crippen molar-refractivity contribution in [1.29, 1.82) is 0 Å². The molecule has 0 saturated heterocycles. The van der Waals surface area contributed by atoms with Crippen molar-refractivity contribution in [3.63, 3.8) is 0 Å². The van der Waals surface area contributed by atoms with Gasteiger partial charge in [0.1, 0.15) is 5.82 Å². The van der Waals surface area contributed by atoms with E-state index in [4.69, 9.17) is 0 Å². The van der Waals surface area contributed by atoms with Crippen LogP contribution in [0.15, 0.2) is 46.9 Å². The summed E-state index contributed by atoms with van der Waals surface area (Å²) in [6.45, 7) is 0. The highest BCUT2D eigenvalue weighted by Crippen LogP contribution is 2.31. The standard InChI is InChI=1S/C15H11BrF4O/c16-11-2-1-3-12(17)14(11)13(21)8-9-4-6-10(7-5-9)15(18,19)20/h1-7,13,21H,8H2. The molecule has 6 heteroatoms. The first-order valence-electron chi connectivity index (χ1n) is 6.07. The molecule has 2 aromatic rings. The predicted molar refractivity (Wildman–Crippen MR) is 74.2 cm³/mol. The van der Waals surface area contributed by atoms with Gasteiger partial charge >= 0.3 is 6.18 Å². The number of halogens is 5. The molecule has 0 heterocycles. The van der Waals surface area contributed by atoms with E-state index in [0.717, 1.165) is 12.1 Å². The summed E-state index contributed by atoms with van der Waals surface area (Å²) in [7, 11) is 0. The summed E-state index contributed by atoms with van der Waals surface area (Å²) in [5.74, 6) is -0.566. The Bertz CT molecular complexity index is 602. The Morgan fingerprint density at radius 1 is 1.05 bits per heavy atom. The molecule has 1 atom stereocenters. The van der Waals surface area contributed by atoms with Crippen LogP contribution in [0.2, 0.25) is 0 Å². The van der Waals surface area contributed by atoms with E-state index in [1.807, 2.05) is 0 Å². The highest BCUT2D eigenvalue weighted by Gasteiger charge is 2.30. The van der Waals surface area contributed by atoms with Gasteiger partial charge in [-0.2, -0.15) is 13.2 Å². The van der Waals surface area contributed by atoms with Crippen LogP contribution < -0.4 is 0 Å². The molecule has 0 bridgehead atoms. The van der Waals surface area contributed by atoms with Crippen LogP contribution in [0.25, 0.3) is 0 Å². The third kappa shape index (κ3) is 3.83. The number of hydrogen-bond acceptors (Lipinski definition) is 1. The lowest BCUT2D eigenvalue weighted by molar-refractivity contribution is -0.137. The summed E-state index contributed by atoms with van der Waals surface area (Å²) in [5, 5.41) is 10.1. The van der Waals surface area contributed by atoms with Crippen molar-refractivity contribution in [1.82, 2.24) is 0 Å². The molecule has 0 aromatic heterocycles. The smallest absolute Gasteiger partial charge is 0.388 e. The molecule has 1 nitrogen and oxygen atoms in total. The van der Waals surface area contributed by atoms with Crippen LogP contribution in [0.1, 0.15) is 22.8 Å². The Morgan fingerprint density at radius 2 is 1.67 bits per heavy atom. The zero-order valence-corrected chi connectivity index (χ0v) is 12.2. The van der Waals surface area contributed by atoms with E-state index < -0.39 is 23.7 Å². The van der Waals surface area contributed by atoms with Crippen molar-refractivity contribution in [2.45, 2.75) is 18.7 Å². The molecule has 0 spiro atoms. The van der Waals surface area contributed by atoms with Crippen LogP contribution in [-0.2, 0) is 12.6 Å². The lowest BCUT2D eigenvalue weighted by atomic mass is 10.00.